The summed E-state index contributed by atoms with van der Waals surface area (Å²) in [5, 5.41) is 38.6. The molecule has 0 radical (unpaired) electrons. The van der Waals surface area contributed by atoms with E-state index >= 15 is 0 Å². The number of anilines is 1. The van der Waals surface area contributed by atoms with Gasteiger partial charge in [-0.2, -0.15) is 5.10 Å². The molecular formula is C75H53F3N6O16S3. The molecule has 5 N–H and O–H groups in total. The molecule has 0 amide bonds. The summed E-state index contributed by atoms with van der Waals surface area (Å²) >= 11 is 2.87. The summed E-state index contributed by atoms with van der Waals surface area (Å²) < 4.78 is 80.0. The first-order valence-corrected chi connectivity index (χ1v) is 33.2. The zero-order valence-corrected chi connectivity index (χ0v) is 56.8. The Morgan fingerprint density at radius 2 is 0.864 bits per heavy atom. The molecule has 0 atom stereocenters. The smallest absolute Gasteiger partial charge is 0.505 e. The number of fused-ring (bicyclic) bond motifs is 9. The lowest BCUT2D eigenvalue weighted by Gasteiger charge is -2.15. The third-order valence-corrected chi connectivity index (χ3v) is 19.5. The van der Waals surface area contributed by atoms with Gasteiger partial charge in [0.1, 0.15) is 59.5 Å². The summed E-state index contributed by atoms with van der Waals surface area (Å²) in [6.45, 7) is 1.64. The number of alkyl halides is 3. The van der Waals surface area contributed by atoms with Crippen LogP contribution in [0.1, 0.15) is 5.69 Å². The van der Waals surface area contributed by atoms with Crippen LogP contribution in [-0.2, 0) is 7.05 Å². The Hall–Kier alpha value is -12.5. The molecule has 7 heterocycles. The average Bonchev–Trinajstić information content (AvgIpc) is 1.72. The molecule has 0 fully saturated rings. The lowest BCUT2D eigenvalue weighted by molar-refractivity contribution is -0.274. The summed E-state index contributed by atoms with van der Waals surface area (Å²) in [7, 11) is 6.13. The SMILES string of the molecule is COc1ccc2c3oc(=O)c(Sc4ccccc4N)c(O)c3c(=O)n(-c3ccccc3)c2c1.COc1ccc2c3oc(=O)c(Sc4ccccc4OC)c(O)c3c(=O)n(-c3ccccc3)c2c1.Cc1nn(C)c2c1c1oc(=O)c(Sc3ccccc3)c(O)c1c(=O)n2-c1ccc(OC(F)(F)F)cc1. The number of hydrogen-bond acceptors (Lipinski definition) is 21. The molecular weight excluding hydrogens is 1390 g/mol. The van der Waals surface area contributed by atoms with Crippen LogP contribution in [0.3, 0.4) is 0 Å². The zero-order valence-electron chi connectivity index (χ0n) is 54.4. The predicted octanol–water partition coefficient (Wildman–Crippen LogP) is 14.4. The van der Waals surface area contributed by atoms with E-state index in [1.165, 1.54) is 51.8 Å². The largest absolute Gasteiger partial charge is 0.573 e. The highest BCUT2D eigenvalue weighted by molar-refractivity contribution is 8.00. The minimum absolute atomic E-state index is 0.0118. The molecule has 0 bridgehead atoms. The molecule has 0 saturated carbocycles. The van der Waals surface area contributed by atoms with Gasteiger partial charge in [0, 0.05) is 56.8 Å². The molecule has 0 spiro atoms. The third kappa shape index (κ3) is 13.1. The summed E-state index contributed by atoms with van der Waals surface area (Å²) in [4.78, 5) is 81.3. The highest BCUT2D eigenvalue weighted by atomic mass is 32.2. The second-order valence-corrected chi connectivity index (χ2v) is 25.6. The molecule has 28 heteroatoms. The first-order chi connectivity index (χ1) is 49.6. The van der Waals surface area contributed by atoms with Crippen molar-refractivity contribution in [2.45, 2.75) is 42.7 Å². The van der Waals surface area contributed by atoms with Gasteiger partial charge in [-0.3, -0.25) is 32.8 Å². The minimum Gasteiger partial charge on any atom is -0.505 e. The van der Waals surface area contributed by atoms with Crippen molar-refractivity contribution < 1.29 is 60.7 Å². The Morgan fingerprint density at radius 3 is 1.35 bits per heavy atom. The first kappa shape index (κ1) is 69.0. The quantitative estimate of drug-likeness (QED) is 0.0616. The summed E-state index contributed by atoms with van der Waals surface area (Å²) in [5.74, 6) is -0.311. The number of nitrogens with two attached hydrogens (primary N) is 1. The second kappa shape index (κ2) is 28.2. The number of para-hydroxylation sites is 4. The maximum atomic E-state index is 13.8. The Kier molecular flexibility index (Phi) is 18.9. The van der Waals surface area contributed by atoms with Crippen LogP contribution in [-0.4, -0.2) is 66.5 Å². The monoisotopic (exact) mass is 1450 g/mol. The highest BCUT2D eigenvalue weighted by Crippen LogP contribution is 2.44. The number of ether oxygens (including phenoxy) is 4. The summed E-state index contributed by atoms with van der Waals surface area (Å²) in [6.07, 6.45) is -4.87. The van der Waals surface area contributed by atoms with Gasteiger partial charge in [-0.05, 0) is 116 Å². The van der Waals surface area contributed by atoms with E-state index in [4.69, 9.17) is 33.2 Å². The first-order valence-electron chi connectivity index (χ1n) is 30.7. The maximum Gasteiger partial charge on any atom is 0.573 e. The lowest BCUT2D eigenvalue weighted by atomic mass is 10.1. The van der Waals surface area contributed by atoms with Crippen LogP contribution in [0.25, 0.3) is 82.8 Å². The standard InChI is InChI=1S/C26H19NO6S.C25H18N2O5S.C24H16F3N3O5S/c1-31-16-12-13-17-18(14-16)27(15-8-4-3-5-9-15)25(29)21-22(28)24(26(30)33-23(17)21)34-20-11-7-6-10-19(20)32-2;1-31-15-11-12-16-18(13-15)27(14-7-3-2-4-8-14)24(29)20-21(28)23(25(30)32-22(16)20)33-19-10-6-5-9-17(19)26;1-12-16-19-17(18(31)20(23(33)34-19)36-15-6-4-3-5-7-15)22(32)30(21(16)29(2)28-12)13-8-10-14(11-9-13)35-24(25,26)27/h3-14,28H,1-2H3;2-13,28H,26H2,1H3;3-11,31H,1-2H3. The van der Waals surface area contributed by atoms with Gasteiger partial charge in [0.05, 0.1) is 54.0 Å². The zero-order chi connectivity index (χ0) is 72.7. The van der Waals surface area contributed by atoms with Crippen molar-refractivity contribution in [1.82, 2.24) is 23.5 Å². The van der Waals surface area contributed by atoms with Crippen molar-refractivity contribution in [1.29, 1.82) is 0 Å². The van der Waals surface area contributed by atoms with Gasteiger partial charge >= 0.3 is 23.2 Å². The lowest BCUT2D eigenvalue weighted by Crippen LogP contribution is -2.22. The number of nitrogens with zero attached hydrogens (tertiary/aromatic N) is 5. The van der Waals surface area contributed by atoms with Crippen molar-refractivity contribution in [2.24, 2.45) is 7.05 Å². The Morgan fingerprint density at radius 1 is 0.456 bits per heavy atom. The molecule has 103 heavy (non-hydrogen) atoms. The van der Waals surface area contributed by atoms with Gasteiger partial charge in [0.25, 0.3) is 16.7 Å². The van der Waals surface area contributed by atoms with Crippen molar-refractivity contribution in [3.8, 4) is 57.3 Å². The third-order valence-electron chi connectivity index (χ3n) is 16.2. The van der Waals surface area contributed by atoms with Crippen molar-refractivity contribution in [3.05, 3.63) is 268 Å². The fourth-order valence-corrected chi connectivity index (χ4v) is 14.3. The molecule has 0 aliphatic carbocycles. The van der Waals surface area contributed by atoms with E-state index < -0.39 is 62.9 Å². The normalized spacial score (nSPS) is 11.4. The van der Waals surface area contributed by atoms with Crippen molar-refractivity contribution in [2.75, 3.05) is 27.1 Å². The van der Waals surface area contributed by atoms with Gasteiger partial charge in [0.15, 0.2) is 34.0 Å². The Bertz CT molecular complexity index is 6250. The van der Waals surface area contributed by atoms with E-state index in [0.717, 1.165) is 47.4 Å². The number of rotatable bonds is 13. The van der Waals surface area contributed by atoms with Crippen LogP contribution >= 0.6 is 35.3 Å². The van der Waals surface area contributed by atoms with Crippen LogP contribution in [0.2, 0.25) is 0 Å². The number of aromatic hydroxyl groups is 3. The highest BCUT2D eigenvalue weighted by Gasteiger charge is 2.32. The molecule has 22 nitrogen and oxygen atoms in total. The summed E-state index contributed by atoms with van der Waals surface area (Å²) in [6, 6.07) is 55.7. The van der Waals surface area contributed by atoms with Gasteiger partial charge in [-0.15, -0.1) is 13.2 Å². The van der Waals surface area contributed by atoms with Gasteiger partial charge < -0.3 is 53.3 Å². The van der Waals surface area contributed by atoms with E-state index in [1.54, 1.807) is 153 Å². The average molecular weight is 1450 g/mol. The van der Waals surface area contributed by atoms with Crippen LogP contribution in [0.5, 0.6) is 40.2 Å². The van der Waals surface area contributed by atoms with Gasteiger partial charge in [-0.25, -0.2) is 14.4 Å². The van der Waals surface area contributed by atoms with E-state index in [-0.39, 0.29) is 58.9 Å². The van der Waals surface area contributed by atoms with E-state index in [9.17, 15) is 57.3 Å². The molecule has 7 aromatic heterocycles. The predicted molar refractivity (Wildman–Crippen MR) is 386 cm³/mol. The van der Waals surface area contributed by atoms with Crippen LogP contribution in [0.4, 0.5) is 18.9 Å². The number of aromatic nitrogens is 5. The topological polar surface area (TPSA) is 298 Å². The maximum absolute atomic E-state index is 13.8. The molecule has 15 aromatic rings. The number of aryl methyl sites for hydroxylation is 2. The summed E-state index contributed by atoms with van der Waals surface area (Å²) in [5.41, 5.74) is 5.16. The number of hydrogen-bond donors (Lipinski definition) is 4. The Balaban J connectivity index is 0.000000138. The van der Waals surface area contributed by atoms with E-state index in [1.807, 2.05) is 36.4 Å². The van der Waals surface area contributed by atoms with Crippen molar-refractivity contribution in [3.63, 3.8) is 0 Å². The molecule has 0 saturated heterocycles. The number of nitrogen functional groups attached to an aromatic ring is 1. The second-order valence-electron chi connectivity index (χ2n) is 22.4. The van der Waals surface area contributed by atoms with E-state index in [2.05, 4.69) is 9.84 Å². The van der Waals surface area contributed by atoms with Crippen LogP contribution in [0.15, 0.2) is 272 Å². The minimum atomic E-state index is -4.87. The molecule has 15 rings (SSSR count). The Labute approximate surface area is 590 Å². The number of methoxy groups -OCH3 is 3. The van der Waals surface area contributed by atoms with Crippen molar-refractivity contribution >= 4 is 107 Å². The number of halogens is 3. The van der Waals surface area contributed by atoms with Gasteiger partial charge in [-0.1, -0.05) is 114 Å². The van der Waals surface area contributed by atoms with Gasteiger partial charge in [0.2, 0.25) is 0 Å². The number of benzene rings is 8. The molecule has 0 aliphatic heterocycles. The molecule has 8 aromatic carbocycles. The van der Waals surface area contributed by atoms with Crippen LogP contribution in [0, 0.1) is 6.92 Å². The fourth-order valence-electron chi connectivity index (χ4n) is 11.6. The number of pyridine rings is 3. The van der Waals surface area contributed by atoms with Crippen LogP contribution < -0.4 is 58.2 Å². The molecule has 0 aliphatic rings. The van der Waals surface area contributed by atoms with E-state index in [0.29, 0.717) is 81.9 Å². The fraction of sp³-hybridized carbons (Fsp3) is 0.0800. The molecule has 518 valence electrons. The molecule has 0 unspecified atom stereocenters.